The molecule has 1 saturated heterocycles. The molecule has 1 atom stereocenters. The summed E-state index contributed by atoms with van der Waals surface area (Å²) in [5.74, 6) is 0.0742. The SMILES string of the molecule is O=C(CC[C@H]1CCCO1)NCc1ccc(I)c(Cl)c1. The summed E-state index contributed by atoms with van der Waals surface area (Å²) >= 11 is 8.22. The van der Waals surface area contributed by atoms with Gasteiger partial charge in [-0.3, -0.25) is 4.79 Å². The van der Waals surface area contributed by atoms with Gasteiger partial charge >= 0.3 is 0 Å². The first-order valence-corrected chi connectivity index (χ1v) is 7.93. The van der Waals surface area contributed by atoms with Crippen LogP contribution in [0.4, 0.5) is 0 Å². The fourth-order valence-electron chi connectivity index (χ4n) is 2.10. The van der Waals surface area contributed by atoms with E-state index in [0.29, 0.717) is 13.0 Å². The molecule has 0 aromatic heterocycles. The molecule has 1 N–H and O–H groups in total. The highest BCUT2D eigenvalue weighted by molar-refractivity contribution is 14.1. The number of benzene rings is 1. The highest BCUT2D eigenvalue weighted by atomic mass is 127. The number of hydrogen-bond donors (Lipinski definition) is 1. The first-order chi connectivity index (χ1) is 9.15. The second-order valence-corrected chi connectivity index (χ2v) is 6.27. The lowest BCUT2D eigenvalue weighted by Crippen LogP contribution is -2.23. The molecule has 1 aromatic carbocycles. The number of nitrogens with one attached hydrogen (secondary N) is 1. The summed E-state index contributed by atoms with van der Waals surface area (Å²) in [6.45, 7) is 1.37. The van der Waals surface area contributed by atoms with Crippen molar-refractivity contribution < 1.29 is 9.53 Å². The van der Waals surface area contributed by atoms with E-state index in [1.165, 1.54) is 0 Å². The molecule has 1 aliphatic rings. The number of carbonyl (C=O) groups is 1. The average molecular weight is 394 g/mol. The quantitative estimate of drug-likeness (QED) is 0.777. The van der Waals surface area contributed by atoms with Crippen molar-refractivity contribution in [1.82, 2.24) is 5.32 Å². The number of amides is 1. The summed E-state index contributed by atoms with van der Waals surface area (Å²) < 4.78 is 6.52. The summed E-state index contributed by atoms with van der Waals surface area (Å²) in [5.41, 5.74) is 1.02. The van der Waals surface area contributed by atoms with Crippen molar-refractivity contribution in [2.45, 2.75) is 38.3 Å². The molecule has 0 aliphatic carbocycles. The zero-order valence-corrected chi connectivity index (χ0v) is 13.5. The maximum absolute atomic E-state index is 11.7. The van der Waals surface area contributed by atoms with E-state index in [1.54, 1.807) is 0 Å². The van der Waals surface area contributed by atoms with Gasteiger partial charge in [-0.15, -0.1) is 0 Å². The zero-order valence-electron chi connectivity index (χ0n) is 10.6. The lowest BCUT2D eigenvalue weighted by Gasteiger charge is -2.09. The normalized spacial score (nSPS) is 18.5. The molecule has 3 nitrogen and oxygen atoms in total. The lowest BCUT2D eigenvalue weighted by molar-refractivity contribution is -0.121. The second kappa shape index (κ2) is 7.45. The van der Waals surface area contributed by atoms with E-state index < -0.39 is 0 Å². The Balaban J connectivity index is 1.71. The van der Waals surface area contributed by atoms with Crippen LogP contribution in [-0.4, -0.2) is 18.6 Å². The fraction of sp³-hybridized carbons (Fsp3) is 0.500. The molecule has 1 heterocycles. The minimum absolute atomic E-state index is 0.0742. The van der Waals surface area contributed by atoms with Gasteiger partial charge < -0.3 is 10.1 Å². The van der Waals surface area contributed by atoms with Crippen molar-refractivity contribution >= 4 is 40.1 Å². The predicted octanol–water partition coefficient (Wildman–Crippen LogP) is 3.52. The summed E-state index contributed by atoms with van der Waals surface area (Å²) in [4.78, 5) is 11.7. The molecule has 5 heteroatoms. The molecular weight excluding hydrogens is 377 g/mol. The fourth-order valence-corrected chi connectivity index (χ4v) is 2.64. The summed E-state index contributed by atoms with van der Waals surface area (Å²) in [6, 6.07) is 5.83. The first kappa shape index (κ1) is 15.1. The van der Waals surface area contributed by atoms with Crippen LogP contribution in [0, 0.1) is 3.57 Å². The van der Waals surface area contributed by atoms with Gasteiger partial charge in [0.05, 0.1) is 11.1 Å². The highest BCUT2D eigenvalue weighted by Gasteiger charge is 2.16. The molecule has 0 spiro atoms. The van der Waals surface area contributed by atoms with Crippen LogP contribution in [0.1, 0.15) is 31.2 Å². The third-order valence-electron chi connectivity index (χ3n) is 3.19. The molecule has 19 heavy (non-hydrogen) atoms. The summed E-state index contributed by atoms with van der Waals surface area (Å²) in [6.07, 6.45) is 3.83. The Labute approximate surface area is 132 Å². The van der Waals surface area contributed by atoms with Gasteiger partial charge in [-0.1, -0.05) is 17.7 Å². The minimum atomic E-state index is 0.0742. The Morgan fingerprint density at radius 2 is 2.37 bits per heavy atom. The van der Waals surface area contributed by atoms with Gasteiger partial charge in [0.2, 0.25) is 5.91 Å². The Hall–Kier alpha value is -0.330. The van der Waals surface area contributed by atoms with Crippen LogP contribution in [-0.2, 0) is 16.1 Å². The van der Waals surface area contributed by atoms with Gasteiger partial charge in [0.1, 0.15) is 0 Å². The largest absolute Gasteiger partial charge is 0.378 e. The van der Waals surface area contributed by atoms with Gasteiger partial charge in [0, 0.05) is 23.1 Å². The van der Waals surface area contributed by atoms with Crippen LogP contribution in [0.15, 0.2) is 18.2 Å². The third-order valence-corrected chi connectivity index (χ3v) is 4.76. The van der Waals surface area contributed by atoms with E-state index in [-0.39, 0.29) is 12.0 Å². The number of hydrogen-bond acceptors (Lipinski definition) is 2. The Bertz CT molecular complexity index is 447. The van der Waals surface area contributed by atoms with E-state index in [0.717, 1.165) is 40.0 Å². The van der Waals surface area contributed by atoms with Gasteiger partial charge in [0.25, 0.3) is 0 Å². The molecule has 104 valence electrons. The molecule has 0 saturated carbocycles. The molecule has 2 rings (SSSR count). The van der Waals surface area contributed by atoms with Crippen molar-refractivity contribution in [3.63, 3.8) is 0 Å². The summed E-state index contributed by atoms with van der Waals surface area (Å²) in [7, 11) is 0. The monoisotopic (exact) mass is 393 g/mol. The van der Waals surface area contributed by atoms with Gasteiger partial charge in [0.15, 0.2) is 0 Å². The summed E-state index contributed by atoms with van der Waals surface area (Å²) in [5, 5.41) is 3.64. The Morgan fingerprint density at radius 3 is 3.05 bits per heavy atom. The molecule has 1 fully saturated rings. The van der Waals surface area contributed by atoms with E-state index in [9.17, 15) is 4.79 Å². The maximum Gasteiger partial charge on any atom is 0.220 e. The number of carbonyl (C=O) groups excluding carboxylic acids is 1. The minimum Gasteiger partial charge on any atom is -0.378 e. The molecule has 0 bridgehead atoms. The molecule has 1 amide bonds. The Morgan fingerprint density at radius 1 is 1.53 bits per heavy atom. The molecule has 1 aliphatic heterocycles. The van der Waals surface area contributed by atoms with E-state index >= 15 is 0 Å². The van der Waals surface area contributed by atoms with Crippen molar-refractivity contribution in [3.8, 4) is 0 Å². The number of rotatable bonds is 5. The number of ether oxygens (including phenoxy) is 1. The third kappa shape index (κ3) is 4.93. The average Bonchev–Trinajstić information content (AvgIpc) is 2.91. The molecule has 0 unspecified atom stereocenters. The van der Waals surface area contributed by atoms with E-state index in [1.807, 2.05) is 18.2 Å². The maximum atomic E-state index is 11.7. The van der Waals surface area contributed by atoms with Gasteiger partial charge in [-0.25, -0.2) is 0 Å². The van der Waals surface area contributed by atoms with Crippen LogP contribution in [0.25, 0.3) is 0 Å². The van der Waals surface area contributed by atoms with Crippen molar-refractivity contribution in [2.75, 3.05) is 6.61 Å². The van der Waals surface area contributed by atoms with Crippen LogP contribution in [0.2, 0.25) is 5.02 Å². The highest BCUT2D eigenvalue weighted by Crippen LogP contribution is 2.19. The predicted molar refractivity (Wildman–Crippen MR) is 84.2 cm³/mol. The van der Waals surface area contributed by atoms with E-state index in [4.69, 9.17) is 16.3 Å². The van der Waals surface area contributed by atoms with Crippen LogP contribution in [0.5, 0.6) is 0 Å². The van der Waals surface area contributed by atoms with Gasteiger partial charge in [-0.05, 0) is 59.5 Å². The molecule has 0 radical (unpaired) electrons. The zero-order chi connectivity index (χ0) is 13.7. The van der Waals surface area contributed by atoms with Crippen molar-refractivity contribution in [1.29, 1.82) is 0 Å². The van der Waals surface area contributed by atoms with Crippen LogP contribution >= 0.6 is 34.2 Å². The molecular formula is C14H17ClINO2. The lowest BCUT2D eigenvalue weighted by atomic mass is 10.1. The van der Waals surface area contributed by atoms with Crippen molar-refractivity contribution in [3.05, 3.63) is 32.4 Å². The van der Waals surface area contributed by atoms with E-state index in [2.05, 4.69) is 27.9 Å². The number of halogens is 2. The Kier molecular flexibility index (Phi) is 5.91. The van der Waals surface area contributed by atoms with Gasteiger partial charge in [-0.2, -0.15) is 0 Å². The first-order valence-electron chi connectivity index (χ1n) is 6.47. The standard InChI is InChI=1S/C14H17ClINO2/c15-12-8-10(3-5-13(12)16)9-17-14(18)6-4-11-2-1-7-19-11/h3,5,8,11H,1-2,4,6-7,9H2,(H,17,18)/t11-/m1/s1. The van der Waals surface area contributed by atoms with Crippen molar-refractivity contribution in [2.24, 2.45) is 0 Å². The topological polar surface area (TPSA) is 38.3 Å². The second-order valence-electron chi connectivity index (χ2n) is 4.70. The smallest absolute Gasteiger partial charge is 0.220 e. The van der Waals surface area contributed by atoms with Crippen LogP contribution in [0.3, 0.4) is 0 Å². The van der Waals surface area contributed by atoms with Crippen LogP contribution < -0.4 is 5.32 Å². The molecule has 1 aromatic rings.